The van der Waals surface area contributed by atoms with Gasteiger partial charge in [0, 0.05) is 6.54 Å². The zero-order valence-corrected chi connectivity index (χ0v) is 10.7. The van der Waals surface area contributed by atoms with E-state index in [2.05, 4.69) is 5.43 Å². The number of amides is 1. The molecule has 6 heteroatoms. The molecule has 0 saturated heterocycles. The molecule has 1 aromatic rings. The molecule has 0 spiro atoms. The fourth-order valence-corrected chi connectivity index (χ4v) is 1.55. The summed E-state index contributed by atoms with van der Waals surface area (Å²) in [7, 11) is 3.18. The van der Waals surface area contributed by atoms with Gasteiger partial charge in [0.2, 0.25) is 0 Å². The molecule has 18 heavy (non-hydrogen) atoms. The summed E-state index contributed by atoms with van der Waals surface area (Å²) in [6, 6.07) is 4.32. The Morgan fingerprint density at radius 3 is 2.78 bits per heavy atom. The normalized spacial score (nSPS) is 12.3. The summed E-state index contributed by atoms with van der Waals surface area (Å²) in [5, 5.41) is 0. The number of carbonyl (C=O) groups excluding carboxylic acids is 1. The number of hydrazine groups is 1. The molecule has 0 aromatic heterocycles. The van der Waals surface area contributed by atoms with Gasteiger partial charge < -0.3 is 4.74 Å². The van der Waals surface area contributed by atoms with Crippen molar-refractivity contribution in [2.75, 3.05) is 14.2 Å². The zero-order chi connectivity index (χ0) is 13.7. The van der Waals surface area contributed by atoms with Gasteiger partial charge in [0.25, 0.3) is 5.91 Å². The van der Waals surface area contributed by atoms with Crippen molar-refractivity contribution in [2.24, 2.45) is 5.84 Å². The first kappa shape index (κ1) is 14.4. The molecule has 1 unspecified atom stereocenters. The highest BCUT2D eigenvalue weighted by molar-refractivity contribution is 5.80. The van der Waals surface area contributed by atoms with Gasteiger partial charge in [-0.25, -0.2) is 10.2 Å². The highest BCUT2D eigenvalue weighted by Gasteiger charge is 2.17. The largest absolute Gasteiger partial charge is 0.494 e. The van der Waals surface area contributed by atoms with Gasteiger partial charge in [-0.1, -0.05) is 6.07 Å². The molecule has 0 aliphatic heterocycles. The van der Waals surface area contributed by atoms with E-state index < -0.39 is 5.82 Å². The Morgan fingerprint density at radius 1 is 1.61 bits per heavy atom. The van der Waals surface area contributed by atoms with Crippen molar-refractivity contribution in [3.63, 3.8) is 0 Å². The summed E-state index contributed by atoms with van der Waals surface area (Å²) in [6.07, 6.45) is 0. The molecule has 100 valence electrons. The van der Waals surface area contributed by atoms with Crippen LogP contribution in [0.15, 0.2) is 18.2 Å². The molecular weight excluding hydrogens is 237 g/mol. The van der Waals surface area contributed by atoms with E-state index in [4.69, 9.17) is 10.6 Å². The van der Waals surface area contributed by atoms with Crippen molar-refractivity contribution in [1.29, 1.82) is 0 Å². The van der Waals surface area contributed by atoms with Crippen molar-refractivity contribution < 1.29 is 13.9 Å². The molecule has 0 heterocycles. The quantitative estimate of drug-likeness (QED) is 0.460. The molecule has 1 rings (SSSR count). The number of halogens is 1. The molecule has 0 aliphatic carbocycles. The van der Waals surface area contributed by atoms with Crippen LogP contribution in [0.1, 0.15) is 12.5 Å². The molecular formula is C12H18FN3O2. The second-order valence-corrected chi connectivity index (χ2v) is 4.07. The number of methoxy groups -OCH3 is 1. The van der Waals surface area contributed by atoms with E-state index >= 15 is 0 Å². The number of hydrogen-bond donors (Lipinski definition) is 2. The molecule has 0 aliphatic rings. The number of likely N-dealkylation sites (N-methyl/N-ethyl adjacent to an activating group) is 1. The summed E-state index contributed by atoms with van der Waals surface area (Å²) in [5.74, 6) is 4.56. The maximum atomic E-state index is 13.5. The maximum Gasteiger partial charge on any atom is 0.250 e. The van der Waals surface area contributed by atoms with Gasteiger partial charge in [-0.3, -0.25) is 15.1 Å². The molecule has 5 nitrogen and oxygen atoms in total. The van der Waals surface area contributed by atoms with Crippen LogP contribution in [0.3, 0.4) is 0 Å². The van der Waals surface area contributed by atoms with Crippen molar-refractivity contribution in [3.8, 4) is 5.75 Å². The Kier molecular flexibility index (Phi) is 5.06. The van der Waals surface area contributed by atoms with E-state index in [1.165, 1.54) is 13.2 Å². The first-order chi connectivity index (χ1) is 8.49. The number of nitrogens with two attached hydrogens (primary N) is 1. The molecule has 0 saturated carbocycles. The summed E-state index contributed by atoms with van der Waals surface area (Å²) in [6.45, 7) is 2.16. The topological polar surface area (TPSA) is 67.6 Å². The third-order valence-corrected chi connectivity index (χ3v) is 2.83. The zero-order valence-electron chi connectivity index (χ0n) is 10.7. The van der Waals surface area contributed by atoms with E-state index in [9.17, 15) is 9.18 Å². The molecule has 0 bridgehead atoms. The van der Waals surface area contributed by atoms with Crippen molar-refractivity contribution >= 4 is 5.91 Å². The predicted molar refractivity (Wildman–Crippen MR) is 66.2 cm³/mol. The third kappa shape index (κ3) is 3.41. The van der Waals surface area contributed by atoms with Crippen LogP contribution in [0.25, 0.3) is 0 Å². The van der Waals surface area contributed by atoms with Crippen LogP contribution in [-0.2, 0) is 11.3 Å². The lowest BCUT2D eigenvalue weighted by molar-refractivity contribution is -0.125. The Labute approximate surface area is 106 Å². The first-order valence-electron chi connectivity index (χ1n) is 5.52. The summed E-state index contributed by atoms with van der Waals surface area (Å²) in [5.41, 5.74) is 2.84. The van der Waals surface area contributed by atoms with E-state index in [1.807, 2.05) is 0 Å². The van der Waals surface area contributed by atoms with Crippen LogP contribution in [0.5, 0.6) is 5.75 Å². The SMILES string of the molecule is COc1ccc(CN(C)C(C)C(=O)NN)cc1F. The Balaban J connectivity index is 2.73. The molecule has 1 amide bonds. The van der Waals surface area contributed by atoms with E-state index in [0.29, 0.717) is 6.54 Å². The Morgan fingerprint density at radius 2 is 2.28 bits per heavy atom. The Bertz CT molecular complexity index is 426. The van der Waals surface area contributed by atoms with Gasteiger partial charge in [-0.05, 0) is 31.7 Å². The minimum absolute atomic E-state index is 0.203. The number of benzene rings is 1. The lowest BCUT2D eigenvalue weighted by Gasteiger charge is -2.23. The lowest BCUT2D eigenvalue weighted by atomic mass is 10.1. The number of ether oxygens (including phenoxy) is 1. The molecule has 0 fully saturated rings. The summed E-state index contributed by atoms with van der Waals surface area (Å²) < 4.78 is 18.3. The third-order valence-electron chi connectivity index (χ3n) is 2.83. The fraction of sp³-hybridized carbons (Fsp3) is 0.417. The second-order valence-electron chi connectivity index (χ2n) is 4.07. The van der Waals surface area contributed by atoms with Crippen LogP contribution >= 0.6 is 0 Å². The molecule has 3 N–H and O–H groups in total. The Hall–Kier alpha value is -1.66. The standard InChI is InChI=1S/C12H18FN3O2/c1-8(12(17)15-14)16(2)7-9-4-5-11(18-3)10(13)6-9/h4-6,8H,7,14H2,1-3H3,(H,15,17). The average molecular weight is 255 g/mol. The van der Waals surface area contributed by atoms with E-state index in [0.717, 1.165) is 5.56 Å². The molecule has 1 atom stereocenters. The van der Waals surface area contributed by atoms with Gasteiger partial charge in [-0.2, -0.15) is 0 Å². The monoisotopic (exact) mass is 255 g/mol. The smallest absolute Gasteiger partial charge is 0.250 e. The van der Waals surface area contributed by atoms with E-state index in [-0.39, 0.29) is 17.7 Å². The summed E-state index contributed by atoms with van der Waals surface area (Å²) in [4.78, 5) is 13.1. The van der Waals surface area contributed by atoms with Crippen LogP contribution in [0.2, 0.25) is 0 Å². The van der Waals surface area contributed by atoms with Crippen molar-refractivity contribution in [3.05, 3.63) is 29.6 Å². The van der Waals surface area contributed by atoms with Crippen LogP contribution in [-0.4, -0.2) is 31.0 Å². The van der Waals surface area contributed by atoms with Crippen LogP contribution < -0.4 is 16.0 Å². The predicted octanol–water partition coefficient (Wildman–Crippen LogP) is 0.644. The van der Waals surface area contributed by atoms with Crippen LogP contribution in [0.4, 0.5) is 4.39 Å². The lowest BCUT2D eigenvalue weighted by Crippen LogP contribution is -2.45. The maximum absolute atomic E-state index is 13.5. The number of nitrogens with zero attached hydrogens (tertiary/aromatic N) is 1. The average Bonchev–Trinajstić information content (AvgIpc) is 2.37. The van der Waals surface area contributed by atoms with Crippen molar-refractivity contribution in [2.45, 2.75) is 19.5 Å². The highest BCUT2D eigenvalue weighted by Crippen LogP contribution is 2.18. The van der Waals surface area contributed by atoms with E-state index in [1.54, 1.807) is 31.0 Å². The van der Waals surface area contributed by atoms with Gasteiger partial charge in [0.1, 0.15) is 0 Å². The first-order valence-corrected chi connectivity index (χ1v) is 5.52. The molecule has 0 radical (unpaired) electrons. The highest BCUT2D eigenvalue weighted by atomic mass is 19.1. The minimum atomic E-state index is -0.417. The molecule has 1 aromatic carbocycles. The minimum Gasteiger partial charge on any atom is -0.494 e. The van der Waals surface area contributed by atoms with Gasteiger partial charge in [0.15, 0.2) is 11.6 Å². The van der Waals surface area contributed by atoms with Gasteiger partial charge in [0.05, 0.1) is 13.2 Å². The fourth-order valence-electron chi connectivity index (χ4n) is 1.55. The van der Waals surface area contributed by atoms with Gasteiger partial charge >= 0.3 is 0 Å². The number of nitrogens with one attached hydrogen (secondary N) is 1. The number of hydrogen-bond acceptors (Lipinski definition) is 4. The van der Waals surface area contributed by atoms with Gasteiger partial charge in [-0.15, -0.1) is 0 Å². The number of carbonyl (C=O) groups is 1. The summed E-state index contributed by atoms with van der Waals surface area (Å²) >= 11 is 0. The second kappa shape index (κ2) is 6.32. The number of rotatable bonds is 5. The van der Waals surface area contributed by atoms with Crippen molar-refractivity contribution in [1.82, 2.24) is 10.3 Å². The van der Waals surface area contributed by atoms with Crippen LogP contribution in [0, 0.1) is 5.82 Å².